The van der Waals surface area contributed by atoms with Gasteiger partial charge in [-0.1, -0.05) is 346 Å². The molecule has 0 radical (unpaired) electrons. The Labute approximate surface area is 494 Å². The van der Waals surface area contributed by atoms with Crippen LogP contribution in [-0.4, -0.2) is 47.4 Å². The quantitative estimate of drug-likeness (QED) is 0.0320. The minimum atomic E-state index is -0.670. The highest BCUT2D eigenvalue weighted by Crippen LogP contribution is 2.19. The van der Waals surface area contributed by atoms with Crippen molar-refractivity contribution < 1.29 is 24.5 Å². The van der Waals surface area contributed by atoms with Crippen LogP contribution in [0.4, 0.5) is 0 Å². The van der Waals surface area contributed by atoms with Crippen molar-refractivity contribution >= 4 is 11.9 Å². The van der Waals surface area contributed by atoms with Gasteiger partial charge in [-0.2, -0.15) is 0 Å². The molecule has 0 aromatic carbocycles. The van der Waals surface area contributed by atoms with Gasteiger partial charge in [0.1, 0.15) is 0 Å². The molecule has 0 saturated carbocycles. The first kappa shape index (κ1) is 77.1. The van der Waals surface area contributed by atoms with Gasteiger partial charge in [0.15, 0.2) is 0 Å². The van der Waals surface area contributed by atoms with E-state index in [-0.39, 0.29) is 18.5 Å². The van der Waals surface area contributed by atoms with Gasteiger partial charge in [0, 0.05) is 12.8 Å². The van der Waals surface area contributed by atoms with Gasteiger partial charge in [-0.3, -0.25) is 9.59 Å². The summed E-state index contributed by atoms with van der Waals surface area (Å²) in [7, 11) is 0. The normalized spacial score (nSPS) is 12.7. The van der Waals surface area contributed by atoms with Crippen molar-refractivity contribution in [3.05, 3.63) is 36.5 Å². The third-order valence-electron chi connectivity index (χ3n) is 16.7. The largest absolute Gasteiger partial charge is 0.465 e. The summed E-state index contributed by atoms with van der Waals surface area (Å²) in [6.45, 7) is 4.87. The second-order valence-electron chi connectivity index (χ2n) is 24.6. The van der Waals surface area contributed by atoms with Crippen molar-refractivity contribution in [2.45, 2.75) is 405 Å². The highest BCUT2D eigenvalue weighted by atomic mass is 16.5. The van der Waals surface area contributed by atoms with Crippen molar-refractivity contribution in [3.8, 4) is 0 Å². The van der Waals surface area contributed by atoms with Crippen LogP contribution < -0.4 is 5.32 Å². The first-order valence-corrected chi connectivity index (χ1v) is 35.7. The fourth-order valence-electron chi connectivity index (χ4n) is 11.2. The number of aliphatic hydroxyl groups excluding tert-OH is 2. The molecule has 1 amide bonds. The maximum Gasteiger partial charge on any atom is 0.305 e. The third-order valence-corrected chi connectivity index (χ3v) is 16.7. The number of carbonyl (C=O) groups is 2. The maximum atomic E-state index is 12.6. The molecule has 0 aromatic rings. The van der Waals surface area contributed by atoms with Crippen LogP contribution in [0.1, 0.15) is 393 Å². The van der Waals surface area contributed by atoms with E-state index in [0.29, 0.717) is 25.9 Å². The first-order chi connectivity index (χ1) is 39.0. The maximum absolute atomic E-state index is 12.6. The molecule has 0 fully saturated rings. The van der Waals surface area contributed by atoms with Gasteiger partial charge in [0.05, 0.1) is 25.4 Å². The van der Waals surface area contributed by atoms with Crippen LogP contribution in [-0.2, 0) is 14.3 Å². The molecular weight excluding hydrogens is 971 g/mol. The Morgan fingerprint density at radius 1 is 0.354 bits per heavy atom. The molecule has 0 aromatic heterocycles. The van der Waals surface area contributed by atoms with E-state index >= 15 is 0 Å². The standard InChI is InChI=1S/C73H139NO5/c1-3-5-7-9-11-13-15-17-19-21-22-23-24-25-26-28-31-34-37-41-45-49-53-57-61-65-71(76)70(69-75)74-72(77)66-62-58-54-50-46-42-38-35-32-29-27-30-33-36-40-44-48-52-56-60-64-68-79-73(78)67-63-59-55-51-47-43-39-20-18-16-14-12-10-8-6-4-2/h20,39,44,48,56,60,70-71,75-76H,3-19,21-38,40-43,45-47,49-55,57-59,61-69H2,1-2H3,(H,74,77)/b39-20-,48-44-,60-56-. The summed E-state index contributed by atoms with van der Waals surface area (Å²) in [6.07, 6.45) is 87.8. The number of hydrogen-bond acceptors (Lipinski definition) is 5. The number of rotatable bonds is 67. The zero-order chi connectivity index (χ0) is 57.1. The highest BCUT2D eigenvalue weighted by molar-refractivity contribution is 5.76. The number of amides is 1. The van der Waals surface area contributed by atoms with E-state index in [1.54, 1.807) is 0 Å². The molecule has 2 atom stereocenters. The van der Waals surface area contributed by atoms with E-state index < -0.39 is 12.1 Å². The Bertz CT molecular complexity index is 1280. The molecule has 0 spiro atoms. The zero-order valence-electron chi connectivity index (χ0n) is 53.4. The number of nitrogens with one attached hydrogen (secondary N) is 1. The van der Waals surface area contributed by atoms with Crippen LogP contribution >= 0.6 is 0 Å². The third kappa shape index (κ3) is 65.1. The Balaban J connectivity index is 3.44. The number of esters is 1. The Hall–Kier alpha value is -1.92. The number of carbonyl (C=O) groups excluding carboxylic acids is 2. The summed E-state index contributed by atoms with van der Waals surface area (Å²) in [6, 6.07) is -0.548. The van der Waals surface area contributed by atoms with E-state index in [1.165, 1.54) is 308 Å². The average Bonchev–Trinajstić information content (AvgIpc) is 3.45. The predicted octanol–water partition coefficient (Wildman–Crippen LogP) is 23.1. The van der Waals surface area contributed by atoms with Gasteiger partial charge >= 0.3 is 5.97 Å². The van der Waals surface area contributed by atoms with Crippen LogP contribution in [0.5, 0.6) is 0 Å². The molecule has 6 nitrogen and oxygen atoms in total. The minimum Gasteiger partial charge on any atom is -0.465 e. The molecule has 3 N–H and O–H groups in total. The van der Waals surface area contributed by atoms with Gasteiger partial charge in [0.2, 0.25) is 5.91 Å². The van der Waals surface area contributed by atoms with E-state index in [2.05, 4.69) is 55.6 Å². The van der Waals surface area contributed by atoms with E-state index in [0.717, 1.165) is 51.4 Å². The summed E-state index contributed by atoms with van der Waals surface area (Å²) >= 11 is 0. The van der Waals surface area contributed by atoms with Crippen LogP contribution in [0.25, 0.3) is 0 Å². The lowest BCUT2D eigenvalue weighted by Crippen LogP contribution is -2.45. The summed E-state index contributed by atoms with van der Waals surface area (Å²) in [4.78, 5) is 24.6. The summed E-state index contributed by atoms with van der Waals surface area (Å²) in [5.41, 5.74) is 0. The SMILES string of the molecule is CCCCCCCCC/C=C\CCCCCCCC(=O)OCC/C=C\C/C=C\CCCCCCCCCCCCCCCCC(=O)NC(CO)C(O)CCCCCCCCCCCCCCCCCCCCCCCCCCC. The summed E-state index contributed by atoms with van der Waals surface area (Å²) < 4.78 is 5.43. The fraction of sp³-hybridized carbons (Fsp3) is 0.890. The topological polar surface area (TPSA) is 95.9 Å². The zero-order valence-corrected chi connectivity index (χ0v) is 53.4. The van der Waals surface area contributed by atoms with Crippen molar-refractivity contribution in [2.24, 2.45) is 0 Å². The van der Waals surface area contributed by atoms with Crippen molar-refractivity contribution in [1.29, 1.82) is 0 Å². The second kappa shape index (κ2) is 68.6. The average molecular weight is 1110 g/mol. The first-order valence-electron chi connectivity index (χ1n) is 35.7. The smallest absolute Gasteiger partial charge is 0.305 e. The fourth-order valence-corrected chi connectivity index (χ4v) is 11.2. The lowest BCUT2D eigenvalue weighted by molar-refractivity contribution is -0.143. The number of hydrogen-bond donors (Lipinski definition) is 3. The predicted molar refractivity (Wildman–Crippen MR) is 347 cm³/mol. The van der Waals surface area contributed by atoms with E-state index in [4.69, 9.17) is 4.74 Å². The van der Waals surface area contributed by atoms with Crippen LogP contribution in [0.3, 0.4) is 0 Å². The minimum absolute atomic E-state index is 0.0355. The van der Waals surface area contributed by atoms with Gasteiger partial charge in [-0.05, 0) is 70.6 Å². The Kier molecular flexibility index (Phi) is 66.9. The molecule has 0 rings (SSSR count). The molecule has 0 aliphatic heterocycles. The molecule has 0 aliphatic rings. The Morgan fingerprint density at radius 3 is 0.975 bits per heavy atom. The number of allylic oxidation sites excluding steroid dienone is 5. The molecule has 466 valence electrons. The summed E-state index contributed by atoms with van der Waals surface area (Å²) in [5, 5.41) is 23.4. The van der Waals surface area contributed by atoms with E-state index in [1.807, 2.05) is 0 Å². The van der Waals surface area contributed by atoms with Gasteiger partial charge in [0.25, 0.3) is 0 Å². The van der Waals surface area contributed by atoms with E-state index in [9.17, 15) is 19.8 Å². The lowest BCUT2D eigenvalue weighted by atomic mass is 10.0. The van der Waals surface area contributed by atoms with Gasteiger partial charge in [-0.25, -0.2) is 0 Å². The van der Waals surface area contributed by atoms with Crippen LogP contribution in [0, 0.1) is 0 Å². The van der Waals surface area contributed by atoms with Crippen LogP contribution in [0.15, 0.2) is 36.5 Å². The summed E-state index contributed by atoms with van der Waals surface area (Å²) in [5.74, 6) is -0.0772. The number of unbranched alkanes of at least 4 members (excludes halogenated alkanes) is 50. The highest BCUT2D eigenvalue weighted by Gasteiger charge is 2.20. The van der Waals surface area contributed by atoms with Gasteiger partial charge in [-0.15, -0.1) is 0 Å². The molecular formula is C73H139NO5. The van der Waals surface area contributed by atoms with Crippen molar-refractivity contribution in [1.82, 2.24) is 5.32 Å². The molecule has 6 heteroatoms. The molecule has 0 heterocycles. The molecule has 0 saturated heterocycles. The number of aliphatic hydroxyl groups is 2. The van der Waals surface area contributed by atoms with Gasteiger partial charge < -0.3 is 20.3 Å². The second-order valence-corrected chi connectivity index (χ2v) is 24.6. The molecule has 0 aliphatic carbocycles. The molecule has 79 heavy (non-hydrogen) atoms. The number of ether oxygens (including phenoxy) is 1. The Morgan fingerprint density at radius 2 is 0.633 bits per heavy atom. The van der Waals surface area contributed by atoms with Crippen molar-refractivity contribution in [3.63, 3.8) is 0 Å². The monoisotopic (exact) mass is 1110 g/mol. The van der Waals surface area contributed by atoms with Crippen LogP contribution in [0.2, 0.25) is 0 Å². The van der Waals surface area contributed by atoms with Crippen molar-refractivity contribution in [2.75, 3.05) is 13.2 Å². The molecule has 2 unspecified atom stereocenters. The molecule has 0 bridgehead atoms. The lowest BCUT2D eigenvalue weighted by Gasteiger charge is -2.22.